The fourth-order valence-corrected chi connectivity index (χ4v) is 3.22. The number of carbonyl (C=O) groups is 1. The molecule has 0 spiro atoms. The number of hydrogen-bond donors (Lipinski definition) is 1. The first-order chi connectivity index (χ1) is 11.8. The maximum absolute atomic E-state index is 12.1. The Morgan fingerprint density at radius 3 is 2.24 bits per heavy atom. The Morgan fingerprint density at radius 2 is 1.68 bits per heavy atom. The molecule has 0 atom stereocenters. The molecule has 1 N–H and O–H groups in total. The number of amides is 1. The lowest BCUT2D eigenvalue weighted by atomic mass is 10.2. The van der Waals surface area contributed by atoms with Gasteiger partial charge in [-0.25, -0.2) is 8.42 Å². The molecule has 0 fully saturated rings. The number of rotatable bonds is 7. The van der Waals surface area contributed by atoms with Gasteiger partial charge in [-0.3, -0.25) is 4.79 Å². The third-order valence-electron chi connectivity index (χ3n) is 3.54. The standard InChI is InChI=1S/C18H20ClNO4S/c1-13(2)25(22,23)17-9-3-14(4-10-17)18(21)20-11-12-24-16-7-5-15(19)6-8-16/h3-10,13H,11-12H2,1-2H3,(H,20,21). The predicted molar refractivity (Wildman–Crippen MR) is 98.0 cm³/mol. The smallest absolute Gasteiger partial charge is 0.251 e. The van der Waals surface area contributed by atoms with Crippen LogP contribution in [0.3, 0.4) is 0 Å². The van der Waals surface area contributed by atoms with Crippen molar-refractivity contribution in [1.82, 2.24) is 5.32 Å². The van der Waals surface area contributed by atoms with E-state index in [1.54, 1.807) is 38.1 Å². The molecular weight excluding hydrogens is 362 g/mol. The van der Waals surface area contributed by atoms with Crippen LogP contribution in [0.25, 0.3) is 0 Å². The van der Waals surface area contributed by atoms with Gasteiger partial charge in [-0.2, -0.15) is 0 Å². The highest BCUT2D eigenvalue weighted by Crippen LogP contribution is 2.17. The van der Waals surface area contributed by atoms with Crippen molar-refractivity contribution in [2.45, 2.75) is 24.0 Å². The van der Waals surface area contributed by atoms with E-state index in [4.69, 9.17) is 16.3 Å². The fraction of sp³-hybridized carbons (Fsp3) is 0.278. The SMILES string of the molecule is CC(C)S(=O)(=O)c1ccc(C(=O)NCCOc2ccc(Cl)cc2)cc1. The first-order valence-electron chi connectivity index (χ1n) is 7.81. The van der Waals surface area contributed by atoms with Gasteiger partial charge in [0.05, 0.1) is 16.7 Å². The van der Waals surface area contributed by atoms with Gasteiger partial charge in [-0.05, 0) is 62.4 Å². The first kappa shape index (κ1) is 19.3. The minimum atomic E-state index is -3.34. The van der Waals surface area contributed by atoms with Crippen LogP contribution in [-0.2, 0) is 9.84 Å². The van der Waals surface area contributed by atoms with Gasteiger partial charge >= 0.3 is 0 Å². The Morgan fingerprint density at radius 1 is 1.08 bits per heavy atom. The van der Waals surface area contributed by atoms with Gasteiger partial charge < -0.3 is 10.1 Å². The third-order valence-corrected chi connectivity index (χ3v) is 5.96. The van der Waals surface area contributed by atoms with Crippen LogP contribution in [0.1, 0.15) is 24.2 Å². The Labute approximate surface area is 152 Å². The summed E-state index contributed by atoms with van der Waals surface area (Å²) in [5.41, 5.74) is 0.397. The van der Waals surface area contributed by atoms with E-state index in [9.17, 15) is 13.2 Å². The summed E-state index contributed by atoms with van der Waals surface area (Å²) >= 11 is 5.79. The normalized spacial score (nSPS) is 11.4. The molecule has 2 aromatic carbocycles. The summed E-state index contributed by atoms with van der Waals surface area (Å²) in [6.07, 6.45) is 0. The van der Waals surface area contributed by atoms with Crippen LogP contribution < -0.4 is 10.1 Å². The molecule has 0 aromatic heterocycles. The molecule has 0 unspecified atom stereocenters. The van der Waals surface area contributed by atoms with Crippen LogP contribution >= 0.6 is 11.6 Å². The number of halogens is 1. The van der Waals surface area contributed by atoms with Crippen molar-refractivity contribution in [3.8, 4) is 5.75 Å². The van der Waals surface area contributed by atoms with E-state index in [0.717, 1.165) is 0 Å². The van der Waals surface area contributed by atoms with Crippen LogP contribution in [0.15, 0.2) is 53.4 Å². The zero-order valence-electron chi connectivity index (χ0n) is 14.0. The summed E-state index contributed by atoms with van der Waals surface area (Å²) in [5, 5.41) is 2.85. The van der Waals surface area contributed by atoms with Crippen LogP contribution in [0.4, 0.5) is 0 Å². The molecule has 0 bridgehead atoms. The maximum Gasteiger partial charge on any atom is 0.251 e. The van der Waals surface area contributed by atoms with E-state index in [-0.39, 0.29) is 10.8 Å². The van der Waals surface area contributed by atoms with Crippen molar-refractivity contribution >= 4 is 27.3 Å². The first-order valence-corrected chi connectivity index (χ1v) is 9.73. The van der Waals surface area contributed by atoms with Crippen molar-refractivity contribution in [2.24, 2.45) is 0 Å². The van der Waals surface area contributed by atoms with Crippen molar-refractivity contribution < 1.29 is 17.9 Å². The Hall–Kier alpha value is -2.05. The van der Waals surface area contributed by atoms with E-state index in [1.807, 2.05) is 0 Å². The van der Waals surface area contributed by atoms with Gasteiger partial charge in [0.1, 0.15) is 12.4 Å². The second-order valence-corrected chi connectivity index (χ2v) is 8.62. The molecule has 0 saturated heterocycles. The molecule has 7 heteroatoms. The van der Waals surface area contributed by atoms with E-state index in [2.05, 4.69) is 5.32 Å². The quantitative estimate of drug-likeness (QED) is 0.746. The largest absolute Gasteiger partial charge is 0.492 e. The Bertz CT molecular complexity index is 815. The second-order valence-electron chi connectivity index (χ2n) is 5.68. The summed E-state index contributed by atoms with van der Waals surface area (Å²) in [6.45, 7) is 3.88. The van der Waals surface area contributed by atoms with E-state index in [1.165, 1.54) is 24.3 Å². The molecule has 0 radical (unpaired) electrons. The highest BCUT2D eigenvalue weighted by molar-refractivity contribution is 7.92. The molecular formula is C18H20ClNO4S. The molecule has 0 aliphatic carbocycles. The lowest BCUT2D eigenvalue weighted by Gasteiger charge is -2.10. The van der Waals surface area contributed by atoms with Crippen LogP contribution in [0, 0.1) is 0 Å². The van der Waals surface area contributed by atoms with Crippen LogP contribution in [0.2, 0.25) is 5.02 Å². The highest BCUT2D eigenvalue weighted by Gasteiger charge is 2.19. The molecule has 2 aromatic rings. The maximum atomic E-state index is 12.1. The van der Waals surface area contributed by atoms with E-state index < -0.39 is 15.1 Å². The molecule has 0 saturated carbocycles. The lowest BCUT2D eigenvalue weighted by molar-refractivity contribution is 0.0947. The van der Waals surface area contributed by atoms with Gasteiger partial charge in [0.25, 0.3) is 5.91 Å². The summed E-state index contributed by atoms with van der Waals surface area (Å²) in [6, 6.07) is 12.9. The Balaban J connectivity index is 1.85. The number of benzene rings is 2. The van der Waals surface area contributed by atoms with E-state index in [0.29, 0.717) is 29.5 Å². The number of ether oxygens (including phenoxy) is 1. The number of nitrogens with one attached hydrogen (secondary N) is 1. The van der Waals surface area contributed by atoms with Crippen molar-refractivity contribution in [3.63, 3.8) is 0 Å². The number of carbonyl (C=O) groups excluding carboxylic acids is 1. The van der Waals surface area contributed by atoms with Crippen molar-refractivity contribution in [3.05, 3.63) is 59.1 Å². The number of sulfone groups is 1. The van der Waals surface area contributed by atoms with Crippen molar-refractivity contribution in [1.29, 1.82) is 0 Å². The average Bonchev–Trinajstić information content (AvgIpc) is 2.60. The molecule has 0 aliphatic rings. The molecule has 0 aliphatic heterocycles. The minimum Gasteiger partial charge on any atom is -0.492 e. The Kier molecular flexibility index (Phi) is 6.45. The molecule has 134 valence electrons. The summed E-state index contributed by atoms with van der Waals surface area (Å²) in [5.74, 6) is 0.384. The van der Waals surface area contributed by atoms with Crippen LogP contribution in [-0.4, -0.2) is 32.7 Å². The van der Waals surface area contributed by atoms with E-state index >= 15 is 0 Å². The average molecular weight is 382 g/mol. The molecule has 5 nitrogen and oxygen atoms in total. The highest BCUT2D eigenvalue weighted by atomic mass is 35.5. The topological polar surface area (TPSA) is 72.5 Å². The lowest BCUT2D eigenvalue weighted by Crippen LogP contribution is -2.28. The van der Waals surface area contributed by atoms with Gasteiger partial charge in [0, 0.05) is 10.6 Å². The molecule has 2 rings (SSSR count). The van der Waals surface area contributed by atoms with Gasteiger partial charge in [-0.15, -0.1) is 0 Å². The zero-order valence-corrected chi connectivity index (χ0v) is 15.6. The summed E-state index contributed by atoms with van der Waals surface area (Å²) < 4.78 is 29.6. The molecule has 25 heavy (non-hydrogen) atoms. The minimum absolute atomic E-state index is 0.213. The third kappa shape index (κ3) is 5.21. The summed E-state index contributed by atoms with van der Waals surface area (Å²) in [7, 11) is -3.34. The predicted octanol–water partition coefficient (Wildman–Crippen LogP) is 3.33. The van der Waals surface area contributed by atoms with Gasteiger partial charge in [-0.1, -0.05) is 11.6 Å². The fourth-order valence-electron chi connectivity index (χ4n) is 2.03. The summed E-state index contributed by atoms with van der Waals surface area (Å²) in [4.78, 5) is 12.3. The molecule has 1 amide bonds. The van der Waals surface area contributed by atoms with Crippen molar-refractivity contribution in [2.75, 3.05) is 13.2 Å². The number of hydrogen-bond acceptors (Lipinski definition) is 4. The second kappa shape index (κ2) is 8.36. The zero-order chi connectivity index (χ0) is 18.4. The van der Waals surface area contributed by atoms with Crippen LogP contribution in [0.5, 0.6) is 5.75 Å². The monoisotopic (exact) mass is 381 g/mol. The van der Waals surface area contributed by atoms with Gasteiger partial charge in [0.2, 0.25) is 0 Å². The molecule has 0 heterocycles. The van der Waals surface area contributed by atoms with Gasteiger partial charge in [0.15, 0.2) is 9.84 Å².